The molecule has 0 spiro atoms. The van der Waals surface area contributed by atoms with E-state index in [9.17, 15) is 0 Å². The normalized spacial score (nSPS) is 12.0. The van der Waals surface area contributed by atoms with Gasteiger partial charge in [0.05, 0.1) is 10.9 Å². The van der Waals surface area contributed by atoms with Crippen molar-refractivity contribution in [2.75, 3.05) is 0 Å². The summed E-state index contributed by atoms with van der Waals surface area (Å²) < 4.78 is 2.37. The second-order valence-corrected chi connectivity index (χ2v) is 14.6. The average molecular weight is 439 g/mol. The molecule has 0 saturated carbocycles. The Morgan fingerprint density at radius 1 is 0.781 bits per heavy atom. The summed E-state index contributed by atoms with van der Waals surface area (Å²) in [6.07, 6.45) is 0. The van der Waals surface area contributed by atoms with Gasteiger partial charge in [-0.2, -0.15) is 4.57 Å². The molecule has 4 aromatic rings. The molecular formula is C30H36NSi+. The van der Waals surface area contributed by atoms with Gasteiger partial charge in [-0.1, -0.05) is 85.8 Å². The van der Waals surface area contributed by atoms with Crippen LogP contribution in [0, 0.1) is 20.8 Å². The van der Waals surface area contributed by atoms with E-state index in [0.717, 1.165) is 0 Å². The molecule has 0 radical (unpaired) electrons. The Morgan fingerprint density at radius 2 is 1.47 bits per heavy atom. The van der Waals surface area contributed by atoms with Crippen LogP contribution >= 0.6 is 0 Å². The van der Waals surface area contributed by atoms with Gasteiger partial charge < -0.3 is 0 Å². The number of nitrogens with zero attached hydrogens (tertiary/aromatic N) is 1. The largest absolute Gasteiger partial charge is 0.220 e. The summed E-state index contributed by atoms with van der Waals surface area (Å²) in [6.45, 7) is 16.2. The Hall–Kier alpha value is -2.71. The van der Waals surface area contributed by atoms with E-state index in [4.69, 9.17) is 0 Å². The second-order valence-electron chi connectivity index (χ2n) is 10.2. The number of fused-ring (bicyclic) bond motifs is 1. The van der Waals surface area contributed by atoms with Crippen LogP contribution in [0.2, 0.25) is 13.1 Å². The van der Waals surface area contributed by atoms with Crippen molar-refractivity contribution in [1.29, 1.82) is 0 Å². The van der Waals surface area contributed by atoms with Crippen LogP contribution in [0.1, 0.15) is 42.1 Å². The summed E-state index contributed by atoms with van der Waals surface area (Å²) in [5, 5.41) is 5.65. The molecule has 164 valence electrons. The number of rotatable bonds is 4. The van der Waals surface area contributed by atoms with Crippen molar-refractivity contribution < 1.29 is 4.57 Å². The highest BCUT2D eigenvalue weighted by atomic mass is 28.3. The molecule has 0 N–H and O–H groups in total. The number of aromatic nitrogens is 1. The molecule has 0 atom stereocenters. The minimum atomic E-state index is -1.75. The van der Waals surface area contributed by atoms with Crippen molar-refractivity contribution in [2.45, 2.75) is 53.6 Å². The number of aryl methyl sites for hydroxylation is 2. The zero-order chi connectivity index (χ0) is 23.2. The number of benzene rings is 3. The van der Waals surface area contributed by atoms with Crippen LogP contribution in [0.5, 0.6) is 0 Å². The van der Waals surface area contributed by atoms with Crippen LogP contribution in [-0.4, -0.2) is 8.07 Å². The van der Waals surface area contributed by atoms with Gasteiger partial charge in [-0.05, 0) is 54.0 Å². The molecule has 1 heterocycles. The van der Waals surface area contributed by atoms with Crippen molar-refractivity contribution in [2.24, 2.45) is 7.05 Å². The highest BCUT2D eigenvalue weighted by molar-refractivity contribution is 7.00. The summed E-state index contributed by atoms with van der Waals surface area (Å²) in [4.78, 5) is 0. The van der Waals surface area contributed by atoms with Gasteiger partial charge in [0.2, 0.25) is 5.69 Å². The Bertz CT molecular complexity index is 1300. The molecule has 0 fully saturated rings. The smallest absolute Gasteiger partial charge is 0.198 e. The third-order valence-corrected chi connectivity index (χ3v) is 10.9. The van der Waals surface area contributed by atoms with Gasteiger partial charge in [-0.25, -0.2) is 0 Å². The van der Waals surface area contributed by atoms with Crippen LogP contribution in [0.3, 0.4) is 0 Å². The summed E-state index contributed by atoms with van der Waals surface area (Å²) >= 11 is 0. The fourth-order valence-corrected chi connectivity index (χ4v) is 7.15. The lowest BCUT2D eigenvalue weighted by atomic mass is 9.90. The molecule has 0 saturated heterocycles. The van der Waals surface area contributed by atoms with E-state index in [1.165, 1.54) is 54.8 Å². The lowest BCUT2D eigenvalue weighted by Crippen LogP contribution is -2.52. The van der Waals surface area contributed by atoms with E-state index in [1.54, 1.807) is 0 Å². The molecule has 4 rings (SSSR count). The summed E-state index contributed by atoms with van der Waals surface area (Å²) in [7, 11) is 0.455. The number of hydrogen-bond acceptors (Lipinski definition) is 0. The molecule has 0 amide bonds. The fraction of sp³-hybridized carbons (Fsp3) is 0.300. The Morgan fingerprint density at radius 3 is 2.12 bits per heavy atom. The van der Waals surface area contributed by atoms with Gasteiger partial charge in [-0.15, -0.1) is 0 Å². The average Bonchev–Trinajstić information content (AvgIpc) is 2.77. The predicted molar refractivity (Wildman–Crippen MR) is 142 cm³/mol. The molecular weight excluding hydrogens is 402 g/mol. The lowest BCUT2D eigenvalue weighted by molar-refractivity contribution is -0.665. The van der Waals surface area contributed by atoms with Crippen molar-refractivity contribution >= 4 is 29.2 Å². The summed E-state index contributed by atoms with van der Waals surface area (Å²) in [5.41, 5.74) is 8.13. The van der Waals surface area contributed by atoms with Gasteiger partial charge in [0, 0.05) is 13.0 Å². The zero-order valence-corrected chi connectivity index (χ0v) is 21.9. The van der Waals surface area contributed by atoms with E-state index in [2.05, 4.69) is 126 Å². The standard InChI is InChI=1S/C30H36NSi/c1-20(2)24-16-21(3)23(5)29(19-24)30-28-15-14-27(18-25(28)17-22(4)31(30)6)32(7,8)26-12-10-9-11-13-26/h9-20H,1-8H3/q+1. The third-order valence-electron chi connectivity index (χ3n) is 7.36. The van der Waals surface area contributed by atoms with E-state index in [1.807, 2.05) is 0 Å². The van der Waals surface area contributed by atoms with E-state index >= 15 is 0 Å². The van der Waals surface area contributed by atoms with E-state index in [0.29, 0.717) is 5.92 Å². The molecule has 2 heteroatoms. The minimum absolute atomic E-state index is 0.513. The summed E-state index contributed by atoms with van der Waals surface area (Å²) in [5.74, 6) is 0.513. The van der Waals surface area contributed by atoms with Gasteiger partial charge in [-0.3, -0.25) is 0 Å². The van der Waals surface area contributed by atoms with Crippen LogP contribution in [-0.2, 0) is 7.05 Å². The zero-order valence-electron chi connectivity index (χ0n) is 20.9. The molecule has 0 bridgehead atoms. The van der Waals surface area contributed by atoms with Gasteiger partial charge in [0.15, 0.2) is 5.69 Å². The van der Waals surface area contributed by atoms with Crippen molar-refractivity contribution in [3.05, 3.63) is 89.1 Å². The molecule has 0 aliphatic carbocycles. The molecule has 1 nitrogen and oxygen atoms in total. The maximum absolute atomic E-state index is 2.46. The van der Waals surface area contributed by atoms with Crippen LogP contribution in [0.25, 0.3) is 22.0 Å². The topological polar surface area (TPSA) is 3.88 Å². The molecule has 0 unspecified atom stereocenters. The van der Waals surface area contributed by atoms with Crippen LogP contribution in [0.4, 0.5) is 0 Å². The van der Waals surface area contributed by atoms with Crippen molar-refractivity contribution in [3.63, 3.8) is 0 Å². The van der Waals surface area contributed by atoms with Crippen molar-refractivity contribution in [1.82, 2.24) is 0 Å². The maximum Gasteiger partial charge on any atom is 0.220 e. The molecule has 3 aromatic carbocycles. The quantitative estimate of drug-likeness (QED) is 0.264. The van der Waals surface area contributed by atoms with Gasteiger partial charge in [0.25, 0.3) is 0 Å². The first-order valence-corrected chi connectivity index (χ1v) is 14.7. The maximum atomic E-state index is 2.46. The SMILES string of the molecule is Cc1cc(C(C)C)cc(-c2c3ccc([Si](C)(C)c4ccccc4)cc3cc(C)[n+]2C)c1C. The first kappa shape index (κ1) is 22.5. The lowest BCUT2D eigenvalue weighted by Gasteiger charge is -2.24. The van der Waals surface area contributed by atoms with Crippen molar-refractivity contribution in [3.8, 4) is 11.3 Å². The monoisotopic (exact) mass is 438 g/mol. The predicted octanol–water partition coefficient (Wildman–Crippen LogP) is 6.20. The highest BCUT2D eigenvalue weighted by Crippen LogP contribution is 2.33. The summed E-state index contributed by atoms with van der Waals surface area (Å²) in [6, 6.07) is 25.4. The van der Waals surface area contributed by atoms with Crippen LogP contribution in [0.15, 0.2) is 66.7 Å². The molecule has 0 aliphatic rings. The first-order valence-electron chi connectivity index (χ1n) is 11.7. The molecule has 0 aliphatic heterocycles. The Balaban J connectivity index is 1.98. The fourth-order valence-electron chi connectivity index (χ4n) is 4.78. The van der Waals surface area contributed by atoms with Gasteiger partial charge >= 0.3 is 0 Å². The minimum Gasteiger partial charge on any atom is -0.198 e. The number of pyridine rings is 1. The Kier molecular flexibility index (Phi) is 5.85. The number of hydrogen-bond donors (Lipinski definition) is 0. The molecule has 32 heavy (non-hydrogen) atoms. The first-order chi connectivity index (χ1) is 15.1. The van der Waals surface area contributed by atoms with Crippen LogP contribution < -0.4 is 14.9 Å². The highest BCUT2D eigenvalue weighted by Gasteiger charge is 2.28. The molecule has 1 aromatic heterocycles. The van der Waals surface area contributed by atoms with E-state index < -0.39 is 8.07 Å². The van der Waals surface area contributed by atoms with E-state index in [-0.39, 0.29) is 0 Å². The van der Waals surface area contributed by atoms with Gasteiger partial charge in [0.1, 0.15) is 15.1 Å². The second kappa shape index (κ2) is 8.33. The third kappa shape index (κ3) is 3.82. The Labute approximate surface area is 194 Å².